The van der Waals surface area contributed by atoms with Crippen LogP contribution in [0, 0.1) is 5.92 Å². The maximum absolute atomic E-state index is 17.5. The van der Waals surface area contributed by atoms with Gasteiger partial charge >= 0.3 is 5.97 Å². The largest absolute Gasteiger partial charge is 0.477 e. The first-order chi connectivity index (χ1) is 53.0. The maximum atomic E-state index is 17.5. The Morgan fingerprint density at radius 3 is 1.48 bits per heavy atom. The Balaban J connectivity index is 1.41. The number of halogens is 2. The van der Waals surface area contributed by atoms with Crippen molar-refractivity contribution in [2.45, 2.75) is 398 Å². The van der Waals surface area contributed by atoms with Crippen LogP contribution in [0.2, 0.25) is 0 Å². The van der Waals surface area contributed by atoms with Gasteiger partial charge in [0.2, 0.25) is 17.7 Å². The van der Waals surface area contributed by atoms with Crippen LogP contribution in [0.25, 0.3) is 0 Å². The number of hydrogen-bond acceptors (Lipinski definition) is 29. The highest BCUT2D eigenvalue weighted by molar-refractivity contribution is 5.77. The molecule has 5 rings (SSSR count). The second-order valence-corrected chi connectivity index (χ2v) is 30.6. The number of nitrogens with one attached hydrogen (secondary N) is 3. The fourth-order valence-electron chi connectivity index (χ4n) is 15.3. The van der Waals surface area contributed by atoms with Gasteiger partial charge in [-0.05, 0) is 19.3 Å². The van der Waals surface area contributed by atoms with Gasteiger partial charge < -0.3 is 145 Å². The van der Waals surface area contributed by atoms with Gasteiger partial charge in [0.25, 0.3) is 11.7 Å². The average molecular weight is 1610 g/mol. The van der Waals surface area contributed by atoms with E-state index in [4.69, 9.17) is 42.6 Å². The van der Waals surface area contributed by atoms with E-state index in [2.05, 4.69) is 29.8 Å². The lowest BCUT2D eigenvalue weighted by molar-refractivity contribution is -0.403. The molecule has 0 radical (unpaired) electrons. The van der Waals surface area contributed by atoms with Crippen molar-refractivity contribution in [1.29, 1.82) is 0 Å². The summed E-state index contributed by atoms with van der Waals surface area (Å²) in [6, 6.07) is -5.49. The smallest absolute Gasteiger partial charge is 0.364 e. The molecule has 0 aromatic carbocycles. The average Bonchev–Trinajstić information content (AvgIpc) is 0.739. The maximum Gasteiger partial charge on any atom is 0.364 e. The Kier molecular flexibility index (Phi) is 45.0. The van der Waals surface area contributed by atoms with Gasteiger partial charge in [0.15, 0.2) is 25.0 Å². The summed E-state index contributed by atoms with van der Waals surface area (Å²) >= 11 is 0. The van der Waals surface area contributed by atoms with Crippen molar-refractivity contribution in [1.82, 2.24) is 16.0 Å². The monoisotopic (exact) mass is 1610 g/mol. The van der Waals surface area contributed by atoms with Crippen LogP contribution < -0.4 is 16.0 Å². The lowest BCUT2D eigenvalue weighted by atomic mass is 9.77. The molecule has 0 spiro atoms. The molecular formula is C76H135F2N3O30. The van der Waals surface area contributed by atoms with E-state index in [0.29, 0.717) is 12.8 Å². The predicted molar refractivity (Wildman–Crippen MR) is 391 cm³/mol. The van der Waals surface area contributed by atoms with Crippen molar-refractivity contribution >= 4 is 23.7 Å². The lowest BCUT2D eigenvalue weighted by Gasteiger charge is -2.53. The third-order valence-corrected chi connectivity index (χ3v) is 21.7. The van der Waals surface area contributed by atoms with E-state index in [1.807, 2.05) is 0 Å². The standard InChI is InChI=1S/C76H135F2N3O30/c1-5-7-9-11-13-15-17-19-21-23-25-27-29-31-33-35-47(89)46(81-54(92)36-34-32-30-28-26-24-22-20-18-16-14-12-10-8-6-2)43-103-72-64(99)62(97)66(52(41-85)106-72)108-73-65(100)69(111-75(74(101)102)37-48(90)56(79-44(3)87)68(110-75)58(93)49(91)38-82)67(53(42-86)107-73)109-71-57(80-45(4)88)55(59(94)50(39-83)105-71)76(77,78)70-63(98)61(96)60(95)51(40-84)104-70/h33,35,46-53,55-73,82-86,89-91,93-100H,5-32,34,36-43H2,1-4H3,(H,79,87)(H,80,88)(H,81,92)(H,101,102)/b35-33+/t46-,47+,48-,49+,50+,51+,52+,53+,55+,56+,57+,58+,59-,60-,61-,62+,63+,64+,65+,66+,67-,68+,69+,70+,71-,72+,73-,75-/m0/s1. The van der Waals surface area contributed by atoms with Gasteiger partial charge in [0, 0.05) is 26.7 Å². The lowest BCUT2D eigenvalue weighted by Crippen LogP contribution is -2.73. The van der Waals surface area contributed by atoms with Gasteiger partial charge in [-0.25, -0.2) is 13.6 Å². The molecule has 28 atom stereocenters. The van der Waals surface area contributed by atoms with Crippen molar-refractivity contribution in [2.24, 2.45) is 5.92 Å². The summed E-state index contributed by atoms with van der Waals surface area (Å²) in [5.74, 6) is -15.9. The number of carbonyl (C=O) groups is 4. The minimum Gasteiger partial charge on any atom is -0.477 e. The molecule has 0 aliphatic carbocycles. The molecule has 5 heterocycles. The zero-order valence-electron chi connectivity index (χ0n) is 65.1. The third kappa shape index (κ3) is 29.5. The van der Waals surface area contributed by atoms with Crippen molar-refractivity contribution < 1.29 is 157 Å². The number of alkyl halides is 2. The van der Waals surface area contributed by atoms with Gasteiger partial charge in [0.05, 0.1) is 82.0 Å². The van der Waals surface area contributed by atoms with Crippen LogP contribution in [0.1, 0.15) is 227 Å². The Morgan fingerprint density at radius 1 is 0.523 bits per heavy atom. The number of allylic oxidation sites excluding steroid dienone is 1. The predicted octanol–water partition coefficient (Wildman–Crippen LogP) is 0.647. The summed E-state index contributed by atoms with van der Waals surface area (Å²) in [5.41, 5.74) is 0. The zero-order valence-corrected chi connectivity index (χ0v) is 65.1. The number of carboxylic acid groups (broad SMARTS) is 1. The van der Waals surface area contributed by atoms with Crippen LogP contribution in [0.15, 0.2) is 12.2 Å². The van der Waals surface area contributed by atoms with Gasteiger partial charge in [0.1, 0.15) is 97.7 Å². The van der Waals surface area contributed by atoms with E-state index >= 15 is 8.78 Å². The number of aliphatic hydroxyl groups is 16. The molecule has 111 heavy (non-hydrogen) atoms. The van der Waals surface area contributed by atoms with Crippen molar-refractivity contribution in [3.63, 3.8) is 0 Å². The number of ether oxygens (including phenoxy) is 9. The van der Waals surface area contributed by atoms with Crippen LogP contribution in [-0.4, -0.2) is 321 Å². The first kappa shape index (κ1) is 98.1. The van der Waals surface area contributed by atoms with Crippen LogP contribution in [0.4, 0.5) is 8.78 Å². The summed E-state index contributed by atoms with van der Waals surface area (Å²) < 4.78 is 88.2. The molecule has 5 aliphatic rings. The number of aliphatic hydroxyl groups excluding tert-OH is 16. The third-order valence-electron chi connectivity index (χ3n) is 21.7. The summed E-state index contributed by atoms with van der Waals surface area (Å²) in [4.78, 5) is 53.1. The Hall–Kier alpha value is -3.52. The number of amides is 3. The SMILES string of the molecule is CCCCCCCCCCCCCCC/C=C/[C@@H](O)[C@H](CO[C@@H]1O[C@H](CO)[C@@H](O[C@@H]2O[C@H](CO)[C@H](O[C@@H]3O[C@H](CO)[C@H](O)[C@H](C(F)(F)[C@@H]4O[C@H](CO)[C@H](O)[C@H](O)[C@H]4O)[C@H]3NC(C)=O)[C@H](O[C@]3(C(=O)O)C[C@H](O)[C@@H](NC(C)=O)[C@H]([C@H](O)[C@H](O)CO)O3)[C@H]2O)[C@H](O)[C@H]1O)NC(=O)CCCCCCCCCCCCCCCCC. The zero-order chi connectivity index (χ0) is 82.0. The second kappa shape index (κ2) is 51.0. The summed E-state index contributed by atoms with van der Waals surface area (Å²) in [5, 5.41) is 196. The minimum absolute atomic E-state index is 0.111. The quantitative estimate of drug-likeness (QED) is 0.0294. The molecule has 35 heteroatoms. The van der Waals surface area contributed by atoms with E-state index in [1.54, 1.807) is 6.08 Å². The number of rotatable bonds is 54. The van der Waals surface area contributed by atoms with Crippen LogP contribution >= 0.6 is 0 Å². The topological polar surface area (TPSA) is 531 Å². The molecular weight excluding hydrogens is 1470 g/mol. The van der Waals surface area contributed by atoms with Crippen LogP contribution in [-0.2, 0) is 61.8 Å². The fraction of sp³-hybridized carbons (Fsp3) is 0.921. The van der Waals surface area contributed by atoms with E-state index in [1.165, 1.54) is 115 Å². The molecule has 648 valence electrons. The first-order valence-corrected chi connectivity index (χ1v) is 40.6. The minimum atomic E-state index is -4.76. The number of carbonyl (C=O) groups excluding carboxylic acids is 3. The molecule has 5 aliphatic heterocycles. The van der Waals surface area contributed by atoms with E-state index in [0.717, 1.165) is 78.1 Å². The van der Waals surface area contributed by atoms with Gasteiger partial charge in [-0.3, -0.25) is 14.4 Å². The first-order valence-electron chi connectivity index (χ1n) is 40.6. The highest BCUT2D eigenvalue weighted by Gasteiger charge is 2.67. The van der Waals surface area contributed by atoms with Crippen LogP contribution in [0.3, 0.4) is 0 Å². The van der Waals surface area contributed by atoms with E-state index in [-0.39, 0.29) is 6.42 Å². The highest BCUT2D eigenvalue weighted by atomic mass is 19.3. The van der Waals surface area contributed by atoms with E-state index < -0.39 is 246 Å². The molecule has 0 saturated carbocycles. The molecule has 3 amide bonds. The van der Waals surface area contributed by atoms with Crippen molar-refractivity contribution in [3.05, 3.63) is 12.2 Å². The van der Waals surface area contributed by atoms with Crippen LogP contribution in [0.5, 0.6) is 0 Å². The van der Waals surface area contributed by atoms with E-state index in [9.17, 15) is 106 Å². The summed E-state index contributed by atoms with van der Waals surface area (Å²) in [6.45, 7) is -0.699. The Morgan fingerprint density at radius 2 is 0.982 bits per heavy atom. The molecule has 0 bridgehead atoms. The molecule has 5 fully saturated rings. The Labute approximate surface area is 650 Å². The molecule has 0 aromatic rings. The normalized spacial score (nSPS) is 33.9. The summed E-state index contributed by atoms with van der Waals surface area (Å²) in [6.07, 6.45) is -17.9. The van der Waals surface area contributed by atoms with Gasteiger partial charge in [-0.1, -0.05) is 193 Å². The van der Waals surface area contributed by atoms with Gasteiger partial charge in [-0.15, -0.1) is 0 Å². The fourth-order valence-corrected chi connectivity index (χ4v) is 15.3. The second-order valence-electron chi connectivity index (χ2n) is 30.6. The molecule has 0 unspecified atom stereocenters. The number of carboxylic acids is 1. The Bertz CT molecular complexity index is 2630. The molecule has 5 saturated heterocycles. The van der Waals surface area contributed by atoms with Crippen molar-refractivity contribution in [3.8, 4) is 0 Å². The highest BCUT2D eigenvalue weighted by Crippen LogP contribution is 2.46. The molecule has 0 aromatic heterocycles. The number of hydrogen-bond donors (Lipinski definition) is 20. The molecule has 20 N–H and O–H groups in total. The summed E-state index contributed by atoms with van der Waals surface area (Å²) in [7, 11) is 0. The molecule has 33 nitrogen and oxygen atoms in total. The number of aliphatic carboxylic acids is 1. The van der Waals surface area contributed by atoms with Gasteiger partial charge in [-0.2, -0.15) is 0 Å². The number of unbranched alkanes of at least 4 members (excludes halogenated alkanes) is 27. The van der Waals surface area contributed by atoms with Crippen molar-refractivity contribution in [2.75, 3.05) is 39.6 Å².